The zero-order valence-electron chi connectivity index (χ0n) is 8.09. The van der Waals surface area contributed by atoms with Crippen LogP contribution in [0.5, 0.6) is 0 Å². The molecule has 0 aromatic carbocycles. The second-order valence-corrected chi connectivity index (χ2v) is 3.18. The predicted octanol–water partition coefficient (Wildman–Crippen LogP) is 1.58. The molecule has 11 heavy (non-hydrogen) atoms. The minimum Gasteiger partial charge on any atom is -0.402 e. The van der Waals surface area contributed by atoms with Crippen LogP contribution in [0.4, 0.5) is 0 Å². The van der Waals surface area contributed by atoms with E-state index in [4.69, 9.17) is 5.73 Å². The van der Waals surface area contributed by atoms with Crippen LogP contribution in [-0.2, 0) is 0 Å². The van der Waals surface area contributed by atoms with Crippen LogP contribution in [0.1, 0.15) is 26.7 Å². The predicted molar refractivity (Wildman–Crippen MR) is 50.3 cm³/mol. The Morgan fingerprint density at radius 2 is 2.09 bits per heavy atom. The van der Waals surface area contributed by atoms with E-state index in [1.54, 1.807) is 0 Å². The average Bonchev–Trinajstić information content (AvgIpc) is 1.99. The molecular weight excluding hydrogens is 136 g/mol. The third kappa shape index (κ3) is 4.85. The van der Waals surface area contributed by atoms with Gasteiger partial charge in [-0.1, -0.05) is 13.0 Å². The molecule has 0 heterocycles. The van der Waals surface area contributed by atoms with E-state index in [1.165, 1.54) is 0 Å². The third-order valence-corrected chi connectivity index (χ3v) is 2.01. The Bertz CT molecular complexity index is 128. The zero-order chi connectivity index (χ0) is 8.85. The summed E-state index contributed by atoms with van der Waals surface area (Å²) in [6, 6.07) is 0.583. The number of allylic oxidation sites excluding steroid dienone is 1. The van der Waals surface area contributed by atoms with Crippen LogP contribution in [0.15, 0.2) is 11.8 Å². The number of hydrogen-bond acceptors (Lipinski definition) is 2. The molecule has 66 valence electrons. The van der Waals surface area contributed by atoms with Gasteiger partial charge in [0.1, 0.15) is 0 Å². The summed E-state index contributed by atoms with van der Waals surface area (Å²) in [6.07, 6.45) is 4.12. The van der Waals surface area contributed by atoms with E-state index >= 15 is 0 Å². The smallest absolute Gasteiger partial charge is 0.00960 e. The van der Waals surface area contributed by atoms with Gasteiger partial charge in [0.25, 0.3) is 0 Å². The van der Waals surface area contributed by atoms with E-state index in [2.05, 4.69) is 38.9 Å². The molecule has 0 amide bonds. The van der Waals surface area contributed by atoms with Crippen molar-refractivity contribution in [2.45, 2.75) is 32.7 Å². The Kier molecular flexibility index (Phi) is 4.95. The van der Waals surface area contributed by atoms with Gasteiger partial charge in [-0.15, -0.1) is 0 Å². The van der Waals surface area contributed by atoms with Gasteiger partial charge in [0.15, 0.2) is 0 Å². The van der Waals surface area contributed by atoms with E-state index in [0.29, 0.717) is 6.04 Å². The SMILES string of the molecule is CC/C(N)=C\CC(C)N(C)C. The largest absolute Gasteiger partial charge is 0.402 e. The van der Waals surface area contributed by atoms with E-state index in [0.717, 1.165) is 18.5 Å². The summed E-state index contributed by atoms with van der Waals surface area (Å²) in [4.78, 5) is 2.19. The fourth-order valence-corrected chi connectivity index (χ4v) is 0.677. The summed E-state index contributed by atoms with van der Waals surface area (Å²) in [5.74, 6) is 0. The highest BCUT2D eigenvalue weighted by Gasteiger charge is 2.00. The first-order chi connectivity index (χ1) is 5.07. The van der Waals surface area contributed by atoms with Crippen LogP contribution < -0.4 is 5.73 Å². The molecule has 0 aromatic heterocycles. The van der Waals surface area contributed by atoms with Crippen LogP contribution in [0.2, 0.25) is 0 Å². The molecule has 0 aliphatic carbocycles. The number of nitrogens with zero attached hydrogens (tertiary/aromatic N) is 1. The monoisotopic (exact) mass is 156 g/mol. The molecular formula is C9H20N2. The second kappa shape index (κ2) is 5.19. The molecule has 0 saturated carbocycles. The van der Waals surface area contributed by atoms with Crippen LogP contribution in [0.25, 0.3) is 0 Å². The Labute approximate surface area is 70.1 Å². The van der Waals surface area contributed by atoms with Crippen LogP contribution in [0.3, 0.4) is 0 Å². The molecule has 0 radical (unpaired) electrons. The fourth-order valence-electron chi connectivity index (χ4n) is 0.677. The summed E-state index contributed by atoms with van der Waals surface area (Å²) >= 11 is 0. The lowest BCUT2D eigenvalue weighted by molar-refractivity contribution is 0.315. The molecule has 2 N–H and O–H groups in total. The maximum Gasteiger partial charge on any atom is 0.00960 e. The summed E-state index contributed by atoms with van der Waals surface area (Å²) in [6.45, 7) is 4.27. The van der Waals surface area contributed by atoms with Crippen molar-refractivity contribution >= 4 is 0 Å². The van der Waals surface area contributed by atoms with Gasteiger partial charge in [-0.3, -0.25) is 0 Å². The lowest BCUT2D eigenvalue weighted by Crippen LogP contribution is -2.23. The van der Waals surface area contributed by atoms with Gasteiger partial charge in [-0.25, -0.2) is 0 Å². The molecule has 0 rings (SSSR count). The molecule has 1 unspecified atom stereocenters. The molecule has 1 atom stereocenters. The molecule has 0 aliphatic rings. The van der Waals surface area contributed by atoms with Gasteiger partial charge >= 0.3 is 0 Å². The molecule has 0 fully saturated rings. The van der Waals surface area contributed by atoms with Gasteiger partial charge in [0, 0.05) is 11.7 Å². The minimum atomic E-state index is 0.583. The van der Waals surface area contributed by atoms with E-state index < -0.39 is 0 Å². The van der Waals surface area contributed by atoms with Gasteiger partial charge in [-0.2, -0.15) is 0 Å². The standard InChI is InChI=1S/C9H20N2/c1-5-9(10)7-6-8(2)11(3)4/h7-8H,5-6,10H2,1-4H3/b9-7+. The number of rotatable bonds is 4. The average molecular weight is 156 g/mol. The first-order valence-corrected chi connectivity index (χ1v) is 4.18. The van der Waals surface area contributed by atoms with Crippen LogP contribution >= 0.6 is 0 Å². The van der Waals surface area contributed by atoms with Crippen molar-refractivity contribution in [2.75, 3.05) is 14.1 Å². The quantitative estimate of drug-likeness (QED) is 0.669. The Balaban J connectivity index is 3.68. The Morgan fingerprint density at radius 1 is 1.55 bits per heavy atom. The van der Waals surface area contributed by atoms with Crippen molar-refractivity contribution in [3.05, 3.63) is 11.8 Å². The highest BCUT2D eigenvalue weighted by Crippen LogP contribution is 2.01. The second-order valence-electron chi connectivity index (χ2n) is 3.18. The molecule has 0 aromatic rings. The zero-order valence-corrected chi connectivity index (χ0v) is 8.09. The van der Waals surface area contributed by atoms with Gasteiger partial charge in [-0.05, 0) is 33.9 Å². The highest BCUT2D eigenvalue weighted by atomic mass is 15.1. The van der Waals surface area contributed by atoms with Crippen molar-refractivity contribution in [1.82, 2.24) is 4.90 Å². The number of nitrogens with two attached hydrogens (primary N) is 1. The van der Waals surface area contributed by atoms with Gasteiger partial charge in [0.2, 0.25) is 0 Å². The van der Waals surface area contributed by atoms with E-state index in [-0.39, 0.29) is 0 Å². The van der Waals surface area contributed by atoms with Gasteiger partial charge in [0.05, 0.1) is 0 Å². The normalized spacial score (nSPS) is 15.5. The summed E-state index contributed by atoms with van der Waals surface area (Å²) in [7, 11) is 4.17. The van der Waals surface area contributed by atoms with Crippen molar-refractivity contribution in [2.24, 2.45) is 5.73 Å². The van der Waals surface area contributed by atoms with Crippen molar-refractivity contribution < 1.29 is 0 Å². The van der Waals surface area contributed by atoms with Crippen LogP contribution in [-0.4, -0.2) is 25.0 Å². The first-order valence-electron chi connectivity index (χ1n) is 4.18. The highest BCUT2D eigenvalue weighted by molar-refractivity contribution is 4.96. The van der Waals surface area contributed by atoms with Crippen LogP contribution in [0, 0.1) is 0 Å². The topological polar surface area (TPSA) is 29.3 Å². The summed E-state index contributed by atoms with van der Waals surface area (Å²) in [5, 5.41) is 0. The van der Waals surface area contributed by atoms with E-state index in [9.17, 15) is 0 Å². The van der Waals surface area contributed by atoms with Crippen molar-refractivity contribution in [3.8, 4) is 0 Å². The third-order valence-electron chi connectivity index (χ3n) is 2.01. The Hall–Kier alpha value is -0.500. The first kappa shape index (κ1) is 10.5. The molecule has 2 nitrogen and oxygen atoms in total. The maximum absolute atomic E-state index is 5.66. The molecule has 0 spiro atoms. The lowest BCUT2D eigenvalue weighted by atomic mass is 10.2. The lowest BCUT2D eigenvalue weighted by Gasteiger charge is -2.17. The molecule has 0 bridgehead atoms. The maximum atomic E-state index is 5.66. The molecule has 0 saturated heterocycles. The van der Waals surface area contributed by atoms with E-state index in [1.807, 2.05) is 0 Å². The van der Waals surface area contributed by atoms with Crippen molar-refractivity contribution in [1.29, 1.82) is 0 Å². The minimum absolute atomic E-state index is 0.583. The molecule has 2 heteroatoms. The van der Waals surface area contributed by atoms with Crippen molar-refractivity contribution in [3.63, 3.8) is 0 Å². The Morgan fingerprint density at radius 3 is 2.45 bits per heavy atom. The van der Waals surface area contributed by atoms with Gasteiger partial charge < -0.3 is 10.6 Å². The fraction of sp³-hybridized carbons (Fsp3) is 0.778. The summed E-state index contributed by atoms with van der Waals surface area (Å²) in [5.41, 5.74) is 6.66. The number of hydrogen-bond donors (Lipinski definition) is 1. The summed E-state index contributed by atoms with van der Waals surface area (Å²) < 4.78 is 0. The molecule has 0 aliphatic heterocycles.